The molecular formula is C11H20N4OS. The van der Waals surface area contributed by atoms with Crippen LogP contribution in [-0.2, 0) is 6.54 Å². The first-order valence-electron chi connectivity index (χ1n) is 5.73. The second-order valence-corrected chi connectivity index (χ2v) is 4.88. The van der Waals surface area contributed by atoms with E-state index >= 15 is 0 Å². The number of guanidine groups is 1. The van der Waals surface area contributed by atoms with Gasteiger partial charge in [0.15, 0.2) is 5.96 Å². The Bertz CT molecular complexity index is 356. The smallest absolute Gasteiger partial charge is 0.191 e. The lowest BCUT2D eigenvalue weighted by Crippen LogP contribution is -2.38. The van der Waals surface area contributed by atoms with Crippen molar-refractivity contribution >= 4 is 17.3 Å². The number of rotatable bonds is 5. The van der Waals surface area contributed by atoms with Gasteiger partial charge in [0, 0.05) is 18.0 Å². The zero-order chi connectivity index (χ0) is 12.7. The number of nitrogens with one attached hydrogen (secondary N) is 2. The zero-order valence-electron chi connectivity index (χ0n) is 10.6. The average Bonchev–Trinajstić information content (AvgIpc) is 2.62. The number of aliphatic imine (C=N–C) groups is 1. The molecule has 0 aromatic carbocycles. The van der Waals surface area contributed by atoms with Gasteiger partial charge >= 0.3 is 0 Å². The molecule has 6 heteroatoms. The van der Waals surface area contributed by atoms with E-state index in [1.807, 2.05) is 13.8 Å². The molecule has 0 amide bonds. The largest absolute Gasteiger partial charge is 0.395 e. The van der Waals surface area contributed by atoms with Gasteiger partial charge in [-0.1, -0.05) is 0 Å². The fourth-order valence-electron chi connectivity index (χ4n) is 1.27. The molecule has 1 aromatic heterocycles. The van der Waals surface area contributed by atoms with Crippen molar-refractivity contribution < 1.29 is 5.11 Å². The van der Waals surface area contributed by atoms with Crippen molar-refractivity contribution in [2.45, 2.75) is 27.3 Å². The van der Waals surface area contributed by atoms with Crippen molar-refractivity contribution in [1.29, 1.82) is 0 Å². The van der Waals surface area contributed by atoms with E-state index < -0.39 is 0 Å². The number of aliphatic hydroxyl groups is 1. The lowest BCUT2D eigenvalue weighted by atomic mass is 10.4. The van der Waals surface area contributed by atoms with E-state index in [4.69, 9.17) is 5.11 Å². The molecular weight excluding hydrogens is 236 g/mol. The van der Waals surface area contributed by atoms with E-state index in [0.29, 0.717) is 19.0 Å². The van der Waals surface area contributed by atoms with E-state index in [1.54, 1.807) is 11.3 Å². The highest BCUT2D eigenvalue weighted by Gasteiger charge is 2.03. The third-order valence-electron chi connectivity index (χ3n) is 2.19. The lowest BCUT2D eigenvalue weighted by molar-refractivity contribution is 0.300. The van der Waals surface area contributed by atoms with Gasteiger partial charge < -0.3 is 15.7 Å². The number of thiazole rings is 1. The normalized spacial score (nSPS) is 11.6. The lowest BCUT2D eigenvalue weighted by Gasteiger charge is -2.09. The molecule has 0 unspecified atom stereocenters. The van der Waals surface area contributed by atoms with Crippen LogP contribution >= 0.6 is 11.3 Å². The summed E-state index contributed by atoms with van der Waals surface area (Å²) in [4.78, 5) is 10.1. The molecule has 0 atom stereocenters. The SMILES string of the molecule is CCNC(=NCc1nc(C)c(C)s1)NCCO. The standard InChI is InChI=1S/C11H20N4OS/c1-4-12-11(13-5-6-16)14-7-10-15-8(2)9(3)17-10/h16H,4-7H2,1-3H3,(H2,12,13,14). The number of aliphatic hydroxyl groups excluding tert-OH is 1. The van der Waals surface area contributed by atoms with Gasteiger partial charge in [0.25, 0.3) is 0 Å². The third kappa shape index (κ3) is 4.70. The highest BCUT2D eigenvalue weighted by molar-refractivity contribution is 7.11. The first kappa shape index (κ1) is 13.9. The highest BCUT2D eigenvalue weighted by Crippen LogP contribution is 2.16. The van der Waals surface area contributed by atoms with E-state index in [1.165, 1.54) is 4.88 Å². The molecule has 1 heterocycles. The maximum absolute atomic E-state index is 8.75. The Morgan fingerprint density at radius 2 is 2.18 bits per heavy atom. The summed E-state index contributed by atoms with van der Waals surface area (Å²) in [7, 11) is 0. The summed E-state index contributed by atoms with van der Waals surface area (Å²) in [5, 5.41) is 15.9. The average molecular weight is 256 g/mol. The van der Waals surface area contributed by atoms with Crippen LogP contribution in [0.15, 0.2) is 4.99 Å². The number of aromatic nitrogens is 1. The molecule has 0 saturated carbocycles. The minimum atomic E-state index is 0.0971. The van der Waals surface area contributed by atoms with Crippen molar-refractivity contribution in [3.05, 3.63) is 15.6 Å². The van der Waals surface area contributed by atoms with Gasteiger partial charge in [-0.25, -0.2) is 9.98 Å². The van der Waals surface area contributed by atoms with Gasteiger partial charge in [-0.3, -0.25) is 0 Å². The number of aryl methyl sites for hydroxylation is 2. The molecule has 0 aliphatic rings. The van der Waals surface area contributed by atoms with Crippen LogP contribution < -0.4 is 10.6 Å². The Labute approximate surface area is 106 Å². The Balaban J connectivity index is 2.58. The van der Waals surface area contributed by atoms with E-state index in [0.717, 1.165) is 17.2 Å². The summed E-state index contributed by atoms with van der Waals surface area (Å²) >= 11 is 1.68. The monoisotopic (exact) mass is 256 g/mol. The molecule has 3 N–H and O–H groups in total. The molecule has 0 radical (unpaired) electrons. The Kier molecular flexibility index (Phi) is 5.93. The van der Waals surface area contributed by atoms with E-state index in [9.17, 15) is 0 Å². The summed E-state index contributed by atoms with van der Waals surface area (Å²) in [6.07, 6.45) is 0. The maximum atomic E-state index is 8.75. The molecule has 1 aromatic rings. The van der Waals surface area contributed by atoms with Gasteiger partial charge in [-0.2, -0.15) is 0 Å². The first-order valence-corrected chi connectivity index (χ1v) is 6.55. The molecule has 0 bridgehead atoms. The Morgan fingerprint density at radius 1 is 1.41 bits per heavy atom. The molecule has 17 heavy (non-hydrogen) atoms. The number of nitrogens with zero attached hydrogens (tertiary/aromatic N) is 2. The first-order chi connectivity index (χ1) is 8.17. The molecule has 1 rings (SSSR count). The van der Waals surface area contributed by atoms with Crippen LogP contribution in [0.1, 0.15) is 22.5 Å². The number of hydrogen-bond donors (Lipinski definition) is 3. The summed E-state index contributed by atoms with van der Waals surface area (Å²) in [6, 6.07) is 0. The fourth-order valence-corrected chi connectivity index (χ4v) is 2.13. The molecule has 0 saturated heterocycles. The summed E-state index contributed by atoms with van der Waals surface area (Å²) < 4.78 is 0. The summed E-state index contributed by atoms with van der Waals surface area (Å²) in [6.45, 7) is 8.05. The quantitative estimate of drug-likeness (QED) is 0.538. The summed E-state index contributed by atoms with van der Waals surface area (Å²) in [5.41, 5.74) is 1.08. The summed E-state index contributed by atoms with van der Waals surface area (Å²) in [5.74, 6) is 0.715. The van der Waals surface area contributed by atoms with Crippen LogP contribution in [0.4, 0.5) is 0 Å². The molecule has 0 aliphatic heterocycles. The molecule has 96 valence electrons. The minimum Gasteiger partial charge on any atom is -0.395 e. The second kappa shape index (κ2) is 7.24. The molecule has 0 fully saturated rings. The second-order valence-electron chi connectivity index (χ2n) is 3.59. The Morgan fingerprint density at radius 3 is 2.71 bits per heavy atom. The topological polar surface area (TPSA) is 69.5 Å². The van der Waals surface area contributed by atoms with E-state index in [-0.39, 0.29) is 6.61 Å². The fraction of sp³-hybridized carbons (Fsp3) is 0.636. The van der Waals surface area contributed by atoms with Crippen LogP contribution in [0.5, 0.6) is 0 Å². The predicted molar refractivity (Wildman–Crippen MR) is 71.5 cm³/mol. The van der Waals surface area contributed by atoms with Crippen molar-refractivity contribution in [3.63, 3.8) is 0 Å². The van der Waals surface area contributed by atoms with Gasteiger partial charge in [0.1, 0.15) is 5.01 Å². The van der Waals surface area contributed by atoms with Crippen molar-refractivity contribution in [2.75, 3.05) is 19.7 Å². The molecule has 5 nitrogen and oxygen atoms in total. The van der Waals surface area contributed by atoms with Crippen LogP contribution in [0, 0.1) is 13.8 Å². The highest BCUT2D eigenvalue weighted by atomic mass is 32.1. The number of hydrogen-bond acceptors (Lipinski definition) is 4. The molecule has 0 aliphatic carbocycles. The van der Waals surface area contributed by atoms with Gasteiger partial charge in [-0.15, -0.1) is 11.3 Å². The van der Waals surface area contributed by atoms with E-state index in [2.05, 4.69) is 27.5 Å². The molecule has 0 spiro atoms. The van der Waals surface area contributed by atoms with Gasteiger partial charge in [0.2, 0.25) is 0 Å². The van der Waals surface area contributed by atoms with Crippen LogP contribution in [0.2, 0.25) is 0 Å². The Hall–Kier alpha value is -1.14. The van der Waals surface area contributed by atoms with Crippen LogP contribution in [-0.4, -0.2) is 35.7 Å². The van der Waals surface area contributed by atoms with Crippen molar-refractivity contribution in [3.8, 4) is 0 Å². The maximum Gasteiger partial charge on any atom is 0.191 e. The third-order valence-corrected chi connectivity index (χ3v) is 3.25. The predicted octanol–water partition coefficient (Wildman–Crippen LogP) is 0.807. The van der Waals surface area contributed by atoms with Gasteiger partial charge in [0.05, 0.1) is 18.8 Å². The van der Waals surface area contributed by atoms with Gasteiger partial charge in [-0.05, 0) is 20.8 Å². The zero-order valence-corrected chi connectivity index (χ0v) is 11.4. The minimum absolute atomic E-state index is 0.0971. The van der Waals surface area contributed by atoms with Crippen molar-refractivity contribution in [1.82, 2.24) is 15.6 Å². The van der Waals surface area contributed by atoms with Crippen LogP contribution in [0.3, 0.4) is 0 Å². The van der Waals surface area contributed by atoms with Crippen molar-refractivity contribution in [2.24, 2.45) is 4.99 Å². The van der Waals surface area contributed by atoms with Crippen LogP contribution in [0.25, 0.3) is 0 Å².